The number of nitrogens with one attached hydrogen (secondary N) is 1. The van der Waals surface area contributed by atoms with Crippen LogP contribution in [0.3, 0.4) is 0 Å². The van der Waals surface area contributed by atoms with Gasteiger partial charge in [-0.15, -0.1) is 0 Å². The van der Waals surface area contributed by atoms with Crippen LogP contribution in [0.25, 0.3) is 0 Å². The highest BCUT2D eigenvalue weighted by molar-refractivity contribution is 14.1. The van der Waals surface area contributed by atoms with Gasteiger partial charge in [0.05, 0.1) is 0 Å². The molecular weight excluding hydrogens is 253 g/mol. The highest BCUT2D eigenvalue weighted by Crippen LogP contribution is 1.97. The Morgan fingerprint density at radius 3 is 2.64 bits per heavy atom. The van der Waals surface area contributed by atoms with E-state index in [-0.39, 0.29) is 5.91 Å². The maximum absolute atomic E-state index is 11.0. The quantitative estimate of drug-likeness (QED) is 0.461. The Morgan fingerprint density at radius 2 is 2.18 bits per heavy atom. The molecular formula is C8H16INO. The summed E-state index contributed by atoms with van der Waals surface area (Å²) < 4.78 is 1.11. The SMILES string of the molecule is CC(C)CC(=O)NCCCI. The lowest BCUT2D eigenvalue weighted by Crippen LogP contribution is -2.25. The Hall–Kier alpha value is 0.200. The van der Waals surface area contributed by atoms with E-state index < -0.39 is 0 Å². The van der Waals surface area contributed by atoms with E-state index in [9.17, 15) is 4.79 Å². The van der Waals surface area contributed by atoms with Gasteiger partial charge in [0.1, 0.15) is 0 Å². The average Bonchev–Trinajstić information content (AvgIpc) is 1.86. The number of carbonyl (C=O) groups excluding carboxylic acids is 1. The van der Waals surface area contributed by atoms with E-state index in [2.05, 4.69) is 41.8 Å². The van der Waals surface area contributed by atoms with E-state index in [4.69, 9.17) is 0 Å². The van der Waals surface area contributed by atoms with E-state index in [1.54, 1.807) is 0 Å². The zero-order valence-corrected chi connectivity index (χ0v) is 9.35. The van der Waals surface area contributed by atoms with Gasteiger partial charge in [0.25, 0.3) is 0 Å². The van der Waals surface area contributed by atoms with E-state index in [0.717, 1.165) is 17.4 Å². The molecule has 1 N–H and O–H groups in total. The lowest BCUT2D eigenvalue weighted by molar-refractivity contribution is -0.121. The third kappa shape index (κ3) is 8.10. The second kappa shape index (κ2) is 6.88. The maximum Gasteiger partial charge on any atom is 0.220 e. The monoisotopic (exact) mass is 269 g/mol. The van der Waals surface area contributed by atoms with Gasteiger partial charge in [-0.3, -0.25) is 4.79 Å². The first kappa shape index (κ1) is 11.2. The van der Waals surface area contributed by atoms with Gasteiger partial charge in [-0.05, 0) is 12.3 Å². The predicted molar refractivity (Wildman–Crippen MR) is 56.0 cm³/mol. The van der Waals surface area contributed by atoms with Crippen molar-refractivity contribution in [1.29, 1.82) is 0 Å². The average molecular weight is 269 g/mol. The Morgan fingerprint density at radius 1 is 1.55 bits per heavy atom. The minimum absolute atomic E-state index is 0.185. The van der Waals surface area contributed by atoms with Crippen LogP contribution in [0.4, 0.5) is 0 Å². The van der Waals surface area contributed by atoms with Crippen LogP contribution in [-0.2, 0) is 4.79 Å². The first-order valence-corrected chi connectivity index (χ1v) is 5.52. The van der Waals surface area contributed by atoms with Crippen LogP contribution in [0.1, 0.15) is 26.7 Å². The van der Waals surface area contributed by atoms with Crippen molar-refractivity contribution in [2.45, 2.75) is 26.7 Å². The smallest absolute Gasteiger partial charge is 0.220 e. The molecule has 0 bridgehead atoms. The van der Waals surface area contributed by atoms with Gasteiger partial charge in [-0.25, -0.2) is 0 Å². The van der Waals surface area contributed by atoms with Crippen LogP contribution in [0.2, 0.25) is 0 Å². The normalized spacial score (nSPS) is 10.2. The van der Waals surface area contributed by atoms with Crippen LogP contribution in [0, 0.1) is 5.92 Å². The topological polar surface area (TPSA) is 29.1 Å². The van der Waals surface area contributed by atoms with Crippen molar-refractivity contribution < 1.29 is 4.79 Å². The largest absolute Gasteiger partial charge is 0.356 e. The van der Waals surface area contributed by atoms with Crippen LogP contribution >= 0.6 is 22.6 Å². The molecule has 0 aliphatic carbocycles. The lowest BCUT2D eigenvalue weighted by atomic mass is 10.1. The van der Waals surface area contributed by atoms with Crippen molar-refractivity contribution in [1.82, 2.24) is 5.32 Å². The van der Waals surface area contributed by atoms with Gasteiger partial charge >= 0.3 is 0 Å². The molecule has 0 spiro atoms. The molecule has 0 aliphatic heterocycles. The number of hydrogen-bond acceptors (Lipinski definition) is 1. The van der Waals surface area contributed by atoms with Gasteiger partial charge in [0.15, 0.2) is 0 Å². The predicted octanol–water partition coefficient (Wildman–Crippen LogP) is 1.97. The van der Waals surface area contributed by atoms with Gasteiger partial charge in [-0.2, -0.15) is 0 Å². The van der Waals surface area contributed by atoms with Crippen molar-refractivity contribution in [3.8, 4) is 0 Å². The number of hydrogen-bond donors (Lipinski definition) is 1. The Labute approximate surface area is 82.3 Å². The van der Waals surface area contributed by atoms with Gasteiger partial charge in [-0.1, -0.05) is 36.4 Å². The minimum atomic E-state index is 0.185. The minimum Gasteiger partial charge on any atom is -0.356 e. The molecule has 0 aromatic rings. The molecule has 3 heteroatoms. The summed E-state index contributed by atoms with van der Waals surface area (Å²) in [7, 11) is 0. The summed E-state index contributed by atoms with van der Waals surface area (Å²) in [4.78, 5) is 11.0. The van der Waals surface area contributed by atoms with Crippen LogP contribution in [0.15, 0.2) is 0 Å². The fraction of sp³-hybridized carbons (Fsp3) is 0.875. The summed E-state index contributed by atoms with van der Waals surface area (Å²) >= 11 is 2.31. The van der Waals surface area contributed by atoms with E-state index in [0.29, 0.717) is 12.3 Å². The number of halogens is 1. The first-order valence-electron chi connectivity index (χ1n) is 3.99. The molecule has 0 fully saturated rings. The van der Waals surface area contributed by atoms with Crippen molar-refractivity contribution in [2.75, 3.05) is 11.0 Å². The van der Waals surface area contributed by atoms with Crippen molar-refractivity contribution in [3.05, 3.63) is 0 Å². The number of amides is 1. The fourth-order valence-corrected chi connectivity index (χ4v) is 1.12. The molecule has 0 atom stereocenters. The summed E-state index contributed by atoms with van der Waals surface area (Å²) in [6.45, 7) is 4.93. The van der Waals surface area contributed by atoms with Crippen molar-refractivity contribution in [3.63, 3.8) is 0 Å². The third-order valence-corrected chi connectivity index (χ3v) is 1.99. The molecule has 0 saturated carbocycles. The number of rotatable bonds is 5. The maximum atomic E-state index is 11.0. The van der Waals surface area contributed by atoms with E-state index in [1.807, 2.05) is 0 Å². The number of carbonyl (C=O) groups is 1. The molecule has 1 amide bonds. The van der Waals surface area contributed by atoms with Gasteiger partial charge < -0.3 is 5.32 Å². The molecule has 66 valence electrons. The molecule has 11 heavy (non-hydrogen) atoms. The molecule has 0 rings (SSSR count). The van der Waals surface area contributed by atoms with Crippen molar-refractivity contribution in [2.24, 2.45) is 5.92 Å². The second-order valence-corrected chi connectivity index (χ2v) is 4.07. The van der Waals surface area contributed by atoms with E-state index in [1.165, 1.54) is 0 Å². The fourth-order valence-electron chi connectivity index (χ4n) is 0.738. The highest BCUT2D eigenvalue weighted by Gasteiger charge is 2.02. The third-order valence-electron chi connectivity index (χ3n) is 1.23. The Bertz CT molecular complexity index is 115. The Kier molecular flexibility index (Phi) is 7.01. The standard InChI is InChI=1S/C8H16INO/c1-7(2)6-8(11)10-5-3-4-9/h7H,3-6H2,1-2H3,(H,10,11). The zero-order chi connectivity index (χ0) is 8.69. The van der Waals surface area contributed by atoms with Gasteiger partial charge in [0, 0.05) is 17.4 Å². The van der Waals surface area contributed by atoms with Crippen LogP contribution in [-0.4, -0.2) is 16.9 Å². The molecule has 0 aliphatic rings. The molecule has 0 radical (unpaired) electrons. The highest BCUT2D eigenvalue weighted by atomic mass is 127. The van der Waals surface area contributed by atoms with Crippen molar-refractivity contribution >= 4 is 28.5 Å². The number of alkyl halides is 1. The second-order valence-electron chi connectivity index (χ2n) is 2.99. The molecule has 2 nitrogen and oxygen atoms in total. The van der Waals surface area contributed by atoms with Gasteiger partial charge in [0.2, 0.25) is 5.91 Å². The zero-order valence-electron chi connectivity index (χ0n) is 7.19. The molecule has 0 aromatic heterocycles. The summed E-state index contributed by atoms with van der Waals surface area (Å²) in [5.74, 6) is 0.652. The molecule has 0 unspecified atom stereocenters. The lowest BCUT2D eigenvalue weighted by Gasteiger charge is -2.05. The Balaban J connectivity index is 3.23. The summed E-state index contributed by atoms with van der Waals surface area (Å²) in [6, 6.07) is 0. The first-order chi connectivity index (χ1) is 5.16. The molecule has 0 heterocycles. The van der Waals surface area contributed by atoms with Crippen LogP contribution < -0.4 is 5.32 Å². The summed E-state index contributed by atoms with van der Waals surface area (Å²) in [6.07, 6.45) is 1.73. The van der Waals surface area contributed by atoms with Crippen LogP contribution in [0.5, 0.6) is 0 Å². The summed E-state index contributed by atoms with van der Waals surface area (Å²) in [5.41, 5.74) is 0. The van der Waals surface area contributed by atoms with E-state index >= 15 is 0 Å². The molecule has 0 aromatic carbocycles. The summed E-state index contributed by atoms with van der Waals surface area (Å²) in [5, 5.41) is 2.87. The molecule has 0 saturated heterocycles.